The van der Waals surface area contributed by atoms with Gasteiger partial charge in [0.05, 0.1) is 0 Å². The number of aryl methyl sites for hydroxylation is 1. The van der Waals surface area contributed by atoms with E-state index < -0.39 is 0 Å². The number of hydrogen-bond donors (Lipinski definition) is 1. The Morgan fingerprint density at radius 3 is 2.74 bits per heavy atom. The van der Waals surface area contributed by atoms with Gasteiger partial charge in [0.15, 0.2) is 0 Å². The molecule has 1 saturated heterocycles. The van der Waals surface area contributed by atoms with Crippen LogP contribution in [0.1, 0.15) is 47.4 Å². The highest BCUT2D eigenvalue weighted by Gasteiger charge is 2.25. The number of amides is 1. The molecule has 0 spiro atoms. The molecule has 1 amide bonds. The van der Waals surface area contributed by atoms with Crippen molar-refractivity contribution in [2.24, 2.45) is 0 Å². The van der Waals surface area contributed by atoms with Crippen LogP contribution in [0, 0.1) is 0 Å². The Balaban J connectivity index is 1.77. The molecule has 1 aromatic heterocycles. The Hall–Kier alpha value is -1.29. The molecule has 104 valence electrons. The lowest BCUT2D eigenvalue weighted by Gasteiger charge is -2.32. The summed E-state index contributed by atoms with van der Waals surface area (Å²) < 4.78 is 0. The monoisotopic (exact) mass is 261 g/mol. The van der Waals surface area contributed by atoms with E-state index >= 15 is 0 Å². The Morgan fingerprint density at radius 1 is 1.32 bits per heavy atom. The van der Waals surface area contributed by atoms with Crippen LogP contribution in [-0.4, -0.2) is 53.9 Å². The van der Waals surface area contributed by atoms with Crippen molar-refractivity contribution in [2.45, 2.75) is 32.1 Å². The van der Waals surface area contributed by atoms with E-state index in [1.807, 2.05) is 4.90 Å². The van der Waals surface area contributed by atoms with Crippen LogP contribution >= 0.6 is 0 Å². The number of likely N-dealkylation sites (N-methyl/N-ethyl adjacent to an activating group) is 1. The lowest BCUT2D eigenvalue weighted by atomic mass is 9.89. The maximum atomic E-state index is 12.5. The predicted molar refractivity (Wildman–Crippen MR) is 75.5 cm³/mol. The average Bonchev–Trinajstić information content (AvgIpc) is 2.84. The number of piperazine rings is 1. The molecular formula is C15H23N3O. The van der Waals surface area contributed by atoms with Gasteiger partial charge in [0.2, 0.25) is 0 Å². The van der Waals surface area contributed by atoms with Gasteiger partial charge >= 0.3 is 0 Å². The van der Waals surface area contributed by atoms with Gasteiger partial charge in [-0.05, 0) is 43.9 Å². The Morgan fingerprint density at radius 2 is 2.05 bits per heavy atom. The van der Waals surface area contributed by atoms with Gasteiger partial charge in [-0.15, -0.1) is 0 Å². The van der Waals surface area contributed by atoms with Crippen LogP contribution < -0.4 is 0 Å². The molecular weight excluding hydrogens is 238 g/mol. The van der Waals surface area contributed by atoms with Crippen molar-refractivity contribution in [2.75, 3.05) is 33.2 Å². The highest BCUT2D eigenvalue weighted by Crippen LogP contribution is 2.31. The number of H-pyrrole nitrogens is 1. The molecule has 4 heteroatoms. The van der Waals surface area contributed by atoms with Crippen LogP contribution in [0.25, 0.3) is 0 Å². The fourth-order valence-electron chi connectivity index (χ4n) is 3.20. The lowest BCUT2D eigenvalue weighted by molar-refractivity contribution is 0.0658. The van der Waals surface area contributed by atoms with Crippen molar-refractivity contribution in [1.29, 1.82) is 0 Å². The Labute approximate surface area is 114 Å². The number of rotatable bonds is 1. The maximum Gasteiger partial charge on any atom is 0.270 e. The molecule has 1 aliphatic carbocycles. The summed E-state index contributed by atoms with van der Waals surface area (Å²) in [5.74, 6) is 0.743. The lowest BCUT2D eigenvalue weighted by Crippen LogP contribution is -2.47. The molecule has 0 bridgehead atoms. The molecule has 1 N–H and O–H groups in total. The number of fused-ring (bicyclic) bond motifs is 1. The van der Waals surface area contributed by atoms with Crippen LogP contribution in [0.4, 0.5) is 0 Å². The summed E-state index contributed by atoms with van der Waals surface area (Å²) in [6, 6.07) is 2.09. The summed E-state index contributed by atoms with van der Waals surface area (Å²) in [5, 5.41) is 0. The van der Waals surface area contributed by atoms with Gasteiger partial charge in [0, 0.05) is 31.9 Å². The Kier molecular flexibility index (Phi) is 3.35. The van der Waals surface area contributed by atoms with Crippen molar-refractivity contribution >= 4 is 5.91 Å². The molecule has 2 heterocycles. The third kappa shape index (κ3) is 2.41. The van der Waals surface area contributed by atoms with E-state index in [4.69, 9.17) is 0 Å². The molecule has 0 aromatic carbocycles. The number of nitrogens with one attached hydrogen (secondary N) is 1. The van der Waals surface area contributed by atoms with Gasteiger partial charge < -0.3 is 14.8 Å². The van der Waals surface area contributed by atoms with Crippen LogP contribution in [0.2, 0.25) is 0 Å². The third-order valence-electron chi connectivity index (χ3n) is 4.53. The number of carbonyl (C=O) groups excluding carboxylic acids is 1. The third-order valence-corrected chi connectivity index (χ3v) is 4.53. The van der Waals surface area contributed by atoms with Crippen LogP contribution in [0.5, 0.6) is 0 Å². The van der Waals surface area contributed by atoms with E-state index in [9.17, 15) is 4.79 Å². The number of nitrogens with zero attached hydrogens (tertiary/aromatic N) is 2. The highest BCUT2D eigenvalue weighted by molar-refractivity contribution is 5.93. The topological polar surface area (TPSA) is 39.3 Å². The first-order chi connectivity index (χ1) is 9.15. The molecule has 2 aliphatic rings. The summed E-state index contributed by atoms with van der Waals surface area (Å²) in [6.07, 6.45) is 3.59. The molecule has 1 aliphatic heterocycles. The zero-order valence-electron chi connectivity index (χ0n) is 11.9. The van der Waals surface area contributed by atoms with Gasteiger partial charge in [-0.3, -0.25) is 4.79 Å². The van der Waals surface area contributed by atoms with E-state index in [0.717, 1.165) is 38.3 Å². The minimum Gasteiger partial charge on any atom is -0.354 e. The minimum absolute atomic E-state index is 0.176. The minimum atomic E-state index is 0.176. The number of carbonyl (C=O) groups is 1. The molecule has 0 radical (unpaired) electrons. The highest BCUT2D eigenvalue weighted by atomic mass is 16.2. The average molecular weight is 261 g/mol. The van der Waals surface area contributed by atoms with Crippen molar-refractivity contribution in [1.82, 2.24) is 14.8 Å². The normalized spacial score (nSPS) is 24.3. The number of hydrogen-bond acceptors (Lipinski definition) is 2. The molecule has 1 unspecified atom stereocenters. The number of aromatic nitrogens is 1. The van der Waals surface area contributed by atoms with E-state index in [1.54, 1.807) is 0 Å². The van der Waals surface area contributed by atoms with Crippen LogP contribution in [-0.2, 0) is 6.42 Å². The fraction of sp³-hybridized carbons (Fsp3) is 0.667. The van der Waals surface area contributed by atoms with Crippen LogP contribution in [0.15, 0.2) is 6.07 Å². The quantitative estimate of drug-likeness (QED) is 0.838. The second kappa shape index (κ2) is 5.00. The molecule has 3 rings (SSSR count). The first-order valence-electron chi connectivity index (χ1n) is 7.35. The van der Waals surface area contributed by atoms with Crippen molar-refractivity contribution in [3.63, 3.8) is 0 Å². The summed E-state index contributed by atoms with van der Waals surface area (Å²) in [4.78, 5) is 20.1. The molecule has 1 aromatic rings. The zero-order valence-corrected chi connectivity index (χ0v) is 11.9. The molecule has 1 atom stereocenters. The van der Waals surface area contributed by atoms with Crippen molar-refractivity contribution in [3.05, 3.63) is 23.0 Å². The van der Waals surface area contributed by atoms with E-state index in [0.29, 0.717) is 5.92 Å². The Bertz CT molecular complexity index is 472. The maximum absolute atomic E-state index is 12.5. The molecule has 19 heavy (non-hydrogen) atoms. The predicted octanol–water partition coefficient (Wildman–Crippen LogP) is 1.84. The standard InChI is InChI=1S/C15H23N3O/c1-11-4-3-5-12-10-13(16-14(11)12)15(19)18-8-6-17(2)7-9-18/h10-11,16H,3-9H2,1-2H3. The van der Waals surface area contributed by atoms with Crippen LogP contribution in [0.3, 0.4) is 0 Å². The molecule has 0 saturated carbocycles. The largest absolute Gasteiger partial charge is 0.354 e. The van der Waals surface area contributed by atoms with Gasteiger partial charge in [-0.25, -0.2) is 0 Å². The zero-order chi connectivity index (χ0) is 13.4. The summed E-state index contributed by atoms with van der Waals surface area (Å²) in [7, 11) is 2.11. The molecule has 1 fully saturated rings. The van der Waals surface area contributed by atoms with E-state index in [-0.39, 0.29) is 5.91 Å². The smallest absolute Gasteiger partial charge is 0.270 e. The first kappa shape index (κ1) is 12.7. The first-order valence-corrected chi connectivity index (χ1v) is 7.35. The van der Waals surface area contributed by atoms with Gasteiger partial charge in [-0.2, -0.15) is 0 Å². The SMILES string of the molecule is CC1CCCc2cc(C(=O)N3CCN(C)CC3)[nH]c21. The second-order valence-electron chi connectivity index (χ2n) is 6.01. The summed E-state index contributed by atoms with van der Waals surface area (Å²) in [5.41, 5.74) is 3.45. The summed E-state index contributed by atoms with van der Waals surface area (Å²) >= 11 is 0. The van der Waals surface area contributed by atoms with E-state index in [1.165, 1.54) is 24.1 Å². The fourth-order valence-corrected chi connectivity index (χ4v) is 3.20. The van der Waals surface area contributed by atoms with Gasteiger partial charge in [-0.1, -0.05) is 6.92 Å². The molecule has 4 nitrogen and oxygen atoms in total. The summed E-state index contributed by atoms with van der Waals surface area (Å²) in [6.45, 7) is 5.88. The second-order valence-corrected chi connectivity index (χ2v) is 6.01. The van der Waals surface area contributed by atoms with Gasteiger partial charge in [0.25, 0.3) is 5.91 Å². The van der Waals surface area contributed by atoms with E-state index in [2.05, 4.69) is 29.9 Å². The van der Waals surface area contributed by atoms with Gasteiger partial charge in [0.1, 0.15) is 5.69 Å². The van der Waals surface area contributed by atoms with Crippen molar-refractivity contribution in [3.8, 4) is 0 Å². The van der Waals surface area contributed by atoms with Crippen molar-refractivity contribution < 1.29 is 4.79 Å². The number of aromatic amines is 1.